The first-order chi connectivity index (χ1) is 9.08. The minimum absolute atomic E-state index is 0.0428. The molecule has 0 atom stereocenters. The van der Waals surface area contributed by atoms with Crippen molar-refractivity contribution in [2.75, 3.05) is 7.11 Å². The van der Waals surface area contributed by atoms with Crippen LogP contribution < -0.4 is 4.74 Å². The van der Waals surface area contributed by atoms with Crippen molar-refractivity contribution in [1.82, 2.24) is 0 Å². The van der Waals surface area contributed by atoms with Crippen LogP contribution in [0, 0.1) is 12.7 Å². The van der Waals surface area contributed by atoms with Crippen LogP contribution in [0.2, 0.25) is 0 Å². The number of hydrogen-bond donors (Lipinski definition) is 0. The van der Waals surface area contributed by atoms with Crippen LogP contribution >= 0.6 is 15.9 Å². The van der Waals surface area contributed by atoms with Crippen molar-refractivity contribution in [3.8, 4) is 16.9 Å². The number of carbonyl (C=O) groups excluding carboxylic acids is 1. The Morgan fingerprint density at radius 2 is 2.05 bits per heavy atom. The Balaban J connectivity index is 2.71. The van der Waals surface area contributed by atoms with E-state index < -0.39 is 5.82 Å². The molecule has 0 fully saturated rings. The molecule has 0 aliphatic carbocycles. The first-order valence-electron chi connectivity index (χ1n) is 5.66. The van der Waals surface area contributed by atoms with Gasteiger partial charge < -0.3 is 4.74 Å². The molecule has 2 aromatic carbocycles. The van der Waals surface area contributed by atoms with Crippen LogP contribution in [-0.2, 0) is 0 Å². The number of methoxy groups -OCH3 is 1. The molecule has 0 unspecified atom stereocenters. The summed E-state index contributed by atoms with van der Waals surface area (Å²) < 4.78 is 20.2. The smallest absolute Gasteiger partial charge is 0.156 e. The Bertz CT molecular complexity index is 638. The third kappa shape index (κ3) is 2.54. The number of hydrogen-bond acceptors (Lipinski definition) is 2. The van der Waals surface area contributed by atoms with E-state index in [9.17, 15) is 9.18 Å². The van der Waals surface area contributed by atoms with Crippen molar-refractivity contribution in [3.63, 3.8) is 0 Å². The topological polar surface area (TPSA) is 26.3 Å². The molecule has 2 rings (SSSR count). The first kappa shape index (κ1) is 13.7. The summed E-state index contributed by atoms with van der Waals surface area (Å²) in [6.07, 6.45) is 0.478. The fraction of sp³-hybridized carbons (Fsp3) is 0.133. The lowest BCUT2D eigenvalue weighted by Crippen LogP contribution is -1.99. The van der Waals surface area contributed by atoms with E-state index in [-0.39, 0.29) is 11.3 Å². The van der Waals surface area contributed by atoms with Gasteiger partial charge in [0.1, 0.15) is 11.6 Å². The molecule has 2 aromatic rings. The van der Waals surface area contributed by atoms with Crippen LogP contribution in [0.25, 0.3) is 11.1 Å². The molecule has 0 amide bonds. The third-order valence-electron chi connectivity index (χ3n) is 2.98. The quantitative estimate of drug-likeness (QED) is 0.783. The first-order valence-corrected chi connectivity index (χ1v) is 6.46. The highest BCUT2D eigenvalue weighted by Gasteiger charge is 2.16. The van der Waals surface area contributed by atoms with E-state index in [2.05, 4.69) is 15.9 Å². The van der Waals surface area contributed by atoms with E-state index in [0.717, 1.165) is 10.0 Å². The molecule has 0 saturated heterocycles. The number of aldehydes is 1. The van der Waals surface area contributed by atoms with Crippen LogP contribution in [0.5, 0.6) is 5.75 Å². The monoisotopic (exact) mass is 322 g/mol. The largest absolute Gasteiger partial charge is 0.496 e. The average molecular weight is 323 g/mol. The van der Waals surface area contributed by atoms with Gasteiger partial charge in [-0.15, -0.1) is 0 Å². The maximum Gasteiger partial charge on any atom is 0.156 e. The summed E-state index contributed by atoms with van der Waals surface area (Å²) in [7, 11) is 1.42. The van der Waals surface area contributed by atoms with E-state index in [1.165, 1.54) is 7.11 Å². The zero-order chi connectivity index (χ0) is 14.0. The zero-order valence-electron chi connectivity index (χ0n) is 10.5. The summed E-state index contributed by atoms with van der Waals surface area (Å²) in [4.78, 5) is 10.9. The number of rotatable bonds is 3. The van der Waals surface area contributed by atoms with Gasteiger partial charge in [0.2, 0.25) is 0 Å². The Hall–Kier alpha value is -1.68. The summed E-state index contributed by atoms with van der Waals surface area (Å²) in [5.41, 5.74) is 1.96. The van der Waals surface area contributed by atoms with Crippen LogP contribution in [0.15, 0.2) is 34.8 Å². The molecule has 0 N–H and O–H groups in total. The van der Waals surface area contributed by atoms with Gasteiger partial charge in [0, 0.05) is 4.47 Å². The van der Waals surface area contributed by atoms with E-state index in [1.54, 1.807) is 13.0 Å². The predicted molar refractivity (Wildman–Crippen MR) is 76.2 cm³/mol. The molecule has 19 heavy (non-hydrogen) atoms. The predicted octanol–water partition coefficient (Wildman–Crippen LogP) is 4.38. The normalized spacial score (nSPS) is 10.3. The maximum absolute atomic E-state index is 14.2. The third-order valence-corrected chi connectivity index (χ3v) is 3.48. The van der Waals surface area contributed by atoms with E-state index in [1.807, 2.05) is 24.3 Å². The summed E-state index contributed by atoms with van der Waals surface area (Å²) >= 11 is 3.39. The average Bonchev–Trinajstić information content (AvgIpc) is 2.41. The van der Waals surface area contributed by atoms with Gasteiger partial charge in [-0.05, 0) is 41.8 Å². The van der Waals surface area contributed by atoms with Gasteiger partial charge in [-0.25, -0.2) is 4.39 Å². The number of carbonyl (C=O) groups is 1. The summed E-state index contributed by atoms with van der Waals surface area (Å²) in [5, 5.41) is 0. The molecule has 0 aliphatic rings. The highest BCUT2D eigenvalue weighted by molar-refractivity contribution is 9.10. The second kappa shape index (κ2) is 5.53. The molecule has 0 heterocycles. The molecular weight excluding hydrogens is 311 g/mol. The Kier molecular flexibility index (Phi) is 4.00. The molecule has 98 valence electrons. The van der Waals surface area contributed by atoms with Gasteiger partial charge in [-0.3, -0.25) is 4.79 Å². The second-order valence-electron chi connectivity index (χ2n) is 4.11. The van der Waals surface area contributed by atoms with Crippen molar-refractivity contribution in [1.29, 1.82) is 0 Å². The molecule has 0 radical (unpaired) electrons. The highest BCUT2D eigenvalue weighted by Crippen LogP contribution is 2.33. The fourth-order valence-electron chi connectivity index (χ4n) is 1.98. The summed E-state index contributed by atoms with van der Waals surface area (Å²) in [5.74, 6) is -0.294. The number of ether oxygens (including phenoxy) is 1. The van der Waals surface area contributed by atoms with Crippen molar-refractivity contribution in [2.45, 2.75) is 6.92 Å². The molecule has 0 spiro atoms. The molecular formula is C15H12BrFO2. The Morgan fingerprint density at radius 1 is 1.32 bits per heavy atom. The van der Waals surface area contributed by atoms with Crippen LogP contribution in [0.3, 0.4) is 0 Å². The Labute approximate surface area is 119 Å². The zero-order valence-corrected chi connectivity index (χ0v) is 12.1. The fourth-order valence-corrected chi connectivity index (χ4v) is 2.38. The second-order valence-corrected chi connectivity index (χ2v) is 5.02. The van der Waals surface area contributed by atoms with E-state index in [0.29, 0.717) is 17.4 Å². The summed E-state index contributed by atoms with van der Waals surface area (Å²) in [6.45, 7) is 1.65. The molecule has 4 heteroatoms. The van der Waals surface area contributed by atoms with Crippen LogP contribution in [0.4, 0.5) is 4.39 Å². The van der Waals surface area contributed by atoms with Crippen LogP contribution in [0.1, 0.15) is 15.9 Å². The van der Waals surface area contributed by atoms with Crippen molar-refractivity contribution < 1.29 is 13.9 Å². The SMILES string of the molecule is COc1cc(-c2cccc(Br)c2)c(C)c(F)c1C=O. The molecule has 2 nitrogen and oxygen atoms in total. The number of benzene rings is 2. The van der Waals surface area contributed by atoms with Crippen molar-refractivity contribution in [3.05, 3.63) is 51.7 Å². The van der Waals surface area contributed by atoms with Gasteiger partial charge >= 0.3 is 0 Å². The number of halogens is 2. The lowest BCUT2D eigenvalue weighted by molar-refractivity contribution is 0.111. The lowest BCUT2D eigenvalue weighted by atomic mass is 9.97. The minimum Gasteiger partial charge on any atom is -0.496 e. The molecule has 0 aliphatic heterocycles. The van der Waals surface area contributed by atoms with Gasteiger partial charge in [0.15, 0.2) is 6.29 Å². The Morgan fingerprint density at radius 3 is 2.63 bits per heavy atom. The van der Waals surface area contributed by atoms with Gasteiger partial charge in [0.25, 0.3) is 0 Å². The van der Waals surface area contributed by atoms with Crippen molar-refractivity contribution >= 4 is 22.2 Å². The molecule has 0 aromatic heterocycles. The van der Waals surface area contributed by atoms with Gasteiger partial charge in [-0.2, -0.15) is 0 Å². The maximum atomic E-state index is 14.2. The van der Waals surface area contributed by atoms with Gasteiger partial charge in [-0.1, -0.05) is 28.1 Å². The van der Waals surface area contributed by atoms with Gasteiger partial charge in [0.05, 0.1) is 12.7 Å². The standard InChI is InChI=1S/C15H12BrFO2/c1-9-12(10-4-3-5-11(16)6-10)7-14(19-2)13(8-18)15(9)17/h3-8H,1-2H3. The van der Waals surface area contributed by atoms with E-state index >= 15 is 0 Å². The van der Waals surface area contributed by atoms with E-state index in [4.69, 9.17) is 4.74 Å². The lowest BCUT2D eigenvalue weighted by Gasteiger charge is -2.13. The summed E-state index contributed by atoms with van der Waals surface area (Å²) in [6, 6.07) is 9.22. The van der Waals surface area contributed by atoms with Crippen LogP contribution in [-0.4, -0.2) is 13.4 Å². The minimum atomic E-state index is -0.538. The highest BCUT2D eigenvalue weighted by atomic mass is 79.9. The molecule has 0 bridgehead atoms. The molecule has 0 saturated carbocycles. The van der Waals surface area contributed by atoms with Crippen molar-refractivity contribution in [2.24, 2.45) is 0 Å².